The molecular formula is C34H21NO. The maximum atomic E-state index is 6.36. The lowest BCUT2D eigenvalue weighted by molar-refractivity contribution is 0.487. The molecule has 8 rings (SSSR count). The second-order valence-corrected chi connectivity index (χ2v) is 9.33. The van der Waals surface area contributed by atoms with E-state index >= 15 is 0 Å². The number of hydrogen-bond donors (Lipinski definition) is 0. The Morgan fingerprint density at radius 1 is 0.389 bits per heavy atom. The summed E-state index contributed by atoms with van der Waals surface area (Å²) < 4.78 is 8.73. The van der Waals surface area contributed by atoms with Gasteiger partial charge in [-0.05, 0) is 58.5 Å². The van der Waals surface area contributed by atoms with Crippen molar-refractivity contribution >= 4 is 32.6 Å². The SMILES string of the molecule is c1ccc(-n2c3ccccc3c3c(-c4ccc5c6c(cccc46)-c4ccccc4O5)cccc32)cc1. The van der Waals surface area contributed by atoms with Gasteiger partial charge in [-0.15, -0.1) is 0 Å². The molecule has 0 aliphatic carbocycles. The molecule has 1 aliphatic rings. The van der Waals surface area contributed by atoms with Crippen LogP contribution in [0.2, 0.25) is 0 Å². The van der Waals surface area contributed by atoms with Gasteiger partial charge in [0.15, 0.2) is 0 Å². The molecule has 0 spiro atoms. The molecule has 0 N–H and O–H groups in total. The summed E-state index contributed by atoms with van der Waals surface area (Å²) in [6.07, 6.45) is 0. The van der Waals surface area contributed by atoms with Crippen LogP contribution in [0.25, 0.3) is 60.5 Å². The zero-order valence-electron chi connectivity index (χ0n) is 19.5. The number of hydrogen-bond acceptors (Lipinski definition) is 1. The Morgan fingerprint density at radius 2 is 1.06 bits per heavy atom. The second kappa shape index (κ2) is 7.34. The fourth-order valence-corrected chi connectivity index (χ4v) is 5.91. The Kier molecular flexibility index (Phi) is 3.97. The van der Waals surface area contributed by atoms with E-state index < -0.39 is 0 Å². The average Bonchev–Trinajstić information content (AvgIpc) is 3.29. The monoisotopic (exact) mass is 459 g/mol. The molecule has 36 heavy (non-hydrogen) atoms. The van der Waals surface area contributed by atoms with Crippen LogP contribution in [0, 0.1) is 0 Å². The molecule has 0 bridgehead atoms. The van der Waals surface area contributed by atoms with Crippen molar-refractivity contribution in [1.82, 2.24) is 4.57 Å². The topological polar surface area (TPSA) is 14.2 Å². The fraction of sp³-hybridized carbons (Fsp3) is 0. The zero-order chi connectivity index (χ0) is 23.6. The average molecular weight is 460 g/mol. The number of nitrogens with zero attached hydrogens (tertiary/aromatic N) is 1. The molecule has 0 atom stereocenters. The van der Waals surface area contributed by atoms with Crippen molar-refractivity contribution < 1.29 is 4.74 Å². The molecule has 0 saturated carbocycles. The van der Waals surface area contributed by atoms with Crippen molar-refractivity contribution in [2.75, 3.05) is 0 Å². The van der Waals surface area contributed by atoms with Gasteiger partial charge in [0.2, 0.25) is 0 Å². The Bertz CT molecular complexity index is 1960. The van der Waals surface area contributed by atoms with Gasteiger partial charge in [0.05, 0.1) is 11.0 Å². The molecule has 2 heterocycles. The number of benzene rings is 6. The molecular weight excluding hydrogens is 438 g/mol. The summed E-state index contributed by atoms with van der Waals surface area (Å²) in [4.78, 5) is 0. The number of rotatable bonds is 2. The predicted octanol–water partition coefficient (Wildman–Crippen LogP) is 9.38. The summed E-state index contributed by atoms with van der Waals surface area (Å²) in [6, 6.07) is 45.3. The highest BCUT2D eigenvalue weighted by atomic mass is 16.5. The van der Waals surface area contributed by atoms with Gasteiger partial charge >= 0.3 is 0 Å². The van der Waals surface area contributed by atoms with Crippen LogP contribution in [0.5, 0.6) is 11.5 Å². The molecule has 0 radical (unpaired) electrons. The van der Waals surface area contributed by atoms with Gasteiger partial charge in [0, 0.05) is 27.4 Å². The van der Waals surface area contributed by atoms with E-state index in [4.69, 9.17) is 4.74 Å². The highest BCUT2D eigenvalue weighted by Gasteiger charge is 2.22. The lowest BCUT2D eigenvalue weighted by Crippen LogP contribution is -1.97. The minimum Gasteiger partial charge on any atom is -0.456 e. The van der Waals surface area contributed by atoms with Crippen LogP contribution in [0.15, 0.2) is 127 Å². The van der Waals surface area contributed by atoms with E-state index in [1.807, 2.05) is 12.1 Å². The van der Waals surface area contributed by atoms with Crippen molar-refractivity contribution in [3.05, 3.63) is 127 Å². The Balaban J connectivity index is 1.48. The molecule has 7 aromatic rings. The summed E-state index contributed by atoms with van der Waals surface area (Å²) in [5, 5.41) is 4.92. The maximum Gasteiger partial charge on any atom is 0.135 e. The van der Waals surface area contributed by atoms with Gasteiger partial charge in [-0.25, -0.2) is 0 Å². The number of ether oxygens (including phenoxy) is 1. The summed E-state index contributed by atoms with van der Waals surface area (Å²) in [6.45, 7) is 0. The maximum absolute atomic E-state index is 6.36. The molecule has 0 unspecified atom stereocenters. The van der Waals surface area contributed by atoms with Crippen molar-refractivity contribution in [3.8, 4) is 39.4 Å². The van der Waals surface area contributed by atoms with E-state index in [9.17, 15) is 0 Å². The van der Waals surface area contributed by atoms with Gasteiger partial charge in [-0.2, -0.15) is 0 Å². The Morgan fingerprint density at radius 3 is 1.97 bits per heavy atom. The van der Waals surface area contributed by atoms with Crippen molar-refractivity contribution in [1.29, 1.82) is 0 Å². The third-order valence-corrected chi connectivity index (χ3v) is 7.40. The smallest absolute Gasteiger partial charge is 0.135 e. The molecule has 168 valence electrons. The van der Waals surface area contributed by atoms with Crippen LogP contribution in [0.4, 0.5) is 0 Å². The van der Waals surface area contributed by atoms with Gasteiger partial charge in [-0.3, -0.25) is 0 Å². The quantitative estimate of drug-likeness (QED) is 0.251. The molecule has 0 amide bonds. The van der Waals surface area contributed by atoms with Crippen LogP contribution in [-0.2, 0) is 0 Å². The van der Waals surface area contributed by atoms with Gasteiger partial charge in [-0.1, -0.05) is 91.0 Å². The van der Waals surface area contributed by atoms with Crippen molar-refractivity contribution in [3.63, 3.8) is 0 Å². The summed E-state index contributed by atoms with van der Waals surface area (Å²) >= 11 is 0. The number of aromatic nitrogens is 1. The first-order valence-corrected chi connectivity index (χ1v) is 12.3. The molecule has 0 saturated heterocycles. The Labute approximate surface area is 208 Å². The Hall–Kier alpha value is -4.82. The van der Waals surface area contributed by atoms with E-state index in [1.54, 1.807) is 0 Å². The van der Waals surface area contributed by atoms with E-state index in [1.165, 1.54) is 55.0 Å². The third kappa shape index (κ3) is 2.61. The summed E-state index contributed by atoms with van der Waals surface area (Å²) in [7, 11) is 0. The van der Waals surface area contributed by atoms with Gasteiger partial charge < -0.3 is 9.30 Å². The molecule has 2 nitrogen and oxygen atoms in total. The van der Waals surface area contributed by atoms with Crippen LogP contribution in [0.3, 0.4) is 0 Å². The predicted molar refractivity (Wildman–Crippen MR) is 149 cm³/mol. The molecule has 0 fully saturated rings. The zero-order valence-corrected chi connectivity index (χ0v) is 19.5. The fourth-order valence-electron chi connectivity index (χ4n) is 5.91. The molecule has 2 heteroatoms. The molecule has 6 aromatic carbocycles. The minimum absolute atomic E-state index is 0.915. The molecule has 1 aromatic heterocycles. The second-order valence-electron chi connectivity index (χ2n) is 9.33. The lowest BCUT2D eigenvalue weighted by Gasteiger charge is -2.22. The third-order valence-electron chi connectivity index (χ3n) is 7.40. The standard InChI is InChI=1S/C34H21NO/c1-2-10-22(11-3-1)35-29-17-6-4-13-28(29)33-25(16-9-18-30(33)35)23-20-21-32-34-26(23)14-8-15-27(34)24-12-5-7-19-31(24)36-32/h1-21H. The van der Waals surface area contributed by atoms with Crippen LogP contribution >= 0.6 is 0 Å². The summed E-state index contributed by atoms with van der Waals surface area (Å²) in [5.41, 5.74) is 8.42. The van der Waals surface area contributed by atoms with E-state index in [-0.39, 0.29) is 0 Å². The van der Waals surface area contributed by atoms with E-state index in [2.05, 4.69) is 120 Å². The van der Waals surface area contributed by atoms with Crippen molar-refractivity contribution in [2.24, 2.45) is 0 Å². The van der Waals surface area contributed by atoms with Gasteiger partial charge in [0.1, 0.15) is 11.5 Å². The van der Waals surface area contributed by atoms with Crippen LogP contribution in [0.1, 0.15) is 0 Å². The number of fused-ring (bicyclic) bond motifs is 5. The first-order chi connectivity index (χ1) is 17.9. The summed E-state index contributed by atoms with van der Waals surface area (Å²) in [5.74, 6) is 1.83. The normalized spacial score (nSPS) is 12.1. The first kappa shape index (κ1) is 19.5. The largest absolute Gasteiger partial charge is 0.456 e. The van der Waals surface area contributed by atoms with E-state index in [0.717, 1.165) is 17.1 Å². The van der Waals surface area contributed by atoms with Gasteiger partial charge in [0.25, 0.3) is 0 Å². The highest BCUT2D eigenvalue weighted by Crippen LogP contribution is 2.49. The first-order valence-electron chi connectivity index (χ1n) is 12.3. The highest BCUT2D eigenvalue weighted by molar-refractivity contribution is 6.19. The number of para-hydroxylation sites is 3. The lowest BCUT2D eigenvalue weighted by atomic mass is 9.89. The van der Waals surface area contributed by atoms with Crippen LogP contribution in [-0.4, -0.2) is 4.57 Å². The van der Waals surface area contributed by atoms with Crippen LogP contribution < -0.4 is 4.74 Å². The minimum atomic E-state index is 0.915. The van der Waals surface area contributed by atoms with E-state index in [0.29, 0.717) is 0 Å². The van der Waals surface area contributed by atoms with Crippen molar-refractivity contribution in [2.45, 2.75) is 0 Å². The molecule has 1 aliphatic heterocycles.